The molecule has 3 aromatic rings. The zero-order chi connectivity index (χ0) is 14.3. The van der Waals surface area contributed by atoms with E-state index in [0.29, 0.717) is 0 Å². The fraction of sp³-hybridized carbons (Fsp3) is 0.267. The van der Waals surface area contributed by atoms with E-state index >= 15 is 0 Å². The first-order valence-electron chi connectivity index (χ1n) is 6.41. The first kappa shape index (κ1) is 13.4. The first-order chi connectivity index (χ1) is 9.58. The smallest absolute Gasteiger partial charge is 0.178 e. The molecule has 1 N–H and O–H groups in total. The SMILES string of the molecule is COc1ccc2c(c1)[nH]c(=S)n2Cc1cc(C)c(C)s1. The van der Waals surface area contributed by atoms with E-state index in [-0.39, 0.29) is 0 Å². The van der Waals surface area contributed by atoms with Crippen LogP contribution in [0.15, 0.2) is 24.3 Å². The van der Waals surface area contributed by atoms with Crippen LogP contribution in [-0.2, 0) is 6.54 Å². The van der Waals surface area contributed by atoms with Gasteiger partial charge in [-0.2, -0.15) is 0 Å². The third kappa shape index (κ3) is 2.27. The Morgan fingerprint density at radius 3 is 2.75 bits per heavy atom. The number of methoxy groups -OCH3 is 1. The predicted molar refractivity (Wildman–Crippen MR) is 86.6 cm³/mol. The topological polar surface area (TPSA) is 29.9 Å². The number of fused-ring (bicyclic) bond motifs is 1. The van der Waals surface area contributed by atoms with Crippen LogP contribution in [0.2, 0.25) is 0 Å². The van der Waals surface area contributed by atoms with Crippen molar-refractivity contribution in [2.75, 3.05) is 7.11 Å². The van der Waals surface area contributed by atoms with Gasteiger partial charge in [-0.3, -0.25) is 0 Å². The monoisotopic (exact) mass is 304 g/mol. The maximum atomic E-state index is 5.44. The summed E-state index contributed by atoms with van der Waals surface area (Å²) in [6, 6.07) is 8.23. The summed E-state index contributed by atoms with van der Waals surface area (Å²) in [5, 5.41) is 0. The minimum atomic E-state index is 0.747. The van der Waals surface area contributed by atoms with Gasteiger partial charge in [0.25, 0.3) is 0 Å². The van der Waals surface area contributed by atoms with Crippen molar-refractivity contribution in [1.82, 2.24) is 9.55 Å². The lowest BCUT2D eigenvalue weighted by Gasteiger charge is -2.03. The summed E-state index contributed by atoms with van der Waals surface area (Å²) in [6.45, 7) is 5.11. The molecule has 3 rings (SSSR count). The standard InChI is InChI=1S/C15H16N2OS2/c1-9-6-12(20-10(9)2)8-17-14-5-4-11(18-3)7-13(14)16-15(17)19/h4-7H,8H2,1-3H3,(H,16,19). The fourth-order valence-electron chi connectivity index (χ4n) is 2.31. The van der Waals surface area contributed by atoms with Crippen LogP contribution in [0.1, 0.15) is 15.3 Å². The van der Waals surface area contributed by atoms with Crippen LogP contribution < -0.4 is 4.74 Å². The second-order valence-corrected chi connectivity index (χ2v) is 6.58. The normalized spacial score (nSPS) is 11.2. The van der Waals surface area contributed by atoms with E-state index in [1.54, 1.807) is 7.11 Å². The summed E-state index contributed by atoms with van der Waals surface area (Å²) < 4.78 is 8.13. The molecule has 3 nitrogen and oxygen atoms in total. The van der Waals surface area contributed by atoms with Crippen molar-refractivity contribution in [3.05, 3.63) is 44.4 Å². The third-order valence-corrected chi connectivity index (χ3v) is 4.97. The molecular formula is C15H16N2OS2. The van der Waals surface area contributed by atoms with Crippen LogP contribution in [-0.4, -0.2) is 16.7 Å². The number of rotatable bonds is 3. The lowest BCUT2D eigenvalue weighted by molar-refractivity contribution is 0.415. The number of hydrogen-bond donors (Lipinski definition) is 1. The second-order valence-electron chi connectivity index (χ2n) is 4.85. The van der Waals surface area contributed by atoms with Gasteiger partial charge in [0.2, 0.25) is 0 Å². The Morgan fingerprint density at radius 2 is 2.10 bits per heavy atom. The van der Waals surface area contributed by atoms with Crippen LogP contribution in [0.5, 0.6) is 5.75 Å². The number of imidazole rings is 1. The van der Waals surface area contributed by atoms with Gasteiger partial charge in [-0.15, -0.1) is 11.3 Å². The summed E-state index contributed by atoms with van der Waals surface area (Å²) >= 11 is 7.27. The highest BCUT2D eigenvalue weighted by molar-refractivity contribution is 7.71. The van der Waals surface area contributed by atoms with Crippen LogP contribution in [0.3, 0.4) is 0 Å². The van der Waals surface area contributed by atoms with E-state index in [9.17, 15) is 0 Å². The zero-order valence-electron chi connectivity index (χ0n) is 11.7. The molecule has 0 aliphatic rings. The molecule has 0 spiro atoms. The molecule has 0 atom stereocenters. The number of nitrogens with zero attached hydrogens (tertiary/aromatic N) is 1. The summed E-state index contributed by atoms with van der Waals surface area (Å²) in [5.41, 5.74) is 3.47. The molecule has 104 valence electrons. The molecule has 2 heterocycles. The lowest BCUT2D eigenvalue weighted by Crippen LogP contribution is -1.97. The number of aromatic nitrogens is 2. The number of nitrogens with one attached hydrogen (secondary N) is 1. The van der Waals surface area contributed by atoms with Crippen LogP contribution in [0.25, 0.3) is 11.0 Å². The summed E-state index contributed by atoms with van der Waals surface area (Å²) in [4.78, 5) is 5.94. The lowest BCUT2D eigenvalue weighted by atomic mass is 10.2. The Balaban J connectivity index is 2.07. The molecule has 2 aromatic heterocycles. The van der Waals surface area contributed by atoms with Crippen LogP contribution in [0.4, 0.5) is 0 Å². The first-order valence-corrected chi connectivity index (χ1v) is 7.63. The van der Waals surface area contributed by atoms with E-state index in [4.69, 9.17) is 17.0 Å². The maximum absolute atomic E-state index is 5.44. The van der Waals surface area contributed by atoms with Gasteiger partial charge in [0, 0.05) is 15.8 Å². The minimum absolute atomic E-state index is 0.747. The molecule has 0 unspecified atom stereocenters. The number of H-pyrrole nitrogens is 1. The van der Waals surface area contributed by atoms with E-state index in [0.717, 1.165) is 28.1 Å². The van der Waals surface area contributed by atoms with Gasteiger partial charge in [-0.25, -0.2) is 0 Å². The Bertz CT molecular complexity index is 807. The number of aromatic amines is 1. The van der Waals surface area contributed by atoms with Gasteiger partial charge in [0.1, 0.15) is 5.75 Å². The van der Waals surface area contributed by atoms with Crippen molar-refractivity contribution < 1.29 is 4.74 Å². The van der Waals surface area contributed by atoms with Crippen molar-refractivity contribution in [2.24, 2.45) is 0 Å². The fourth-order valence-corrected chi connectivity index (χ4v) is 3.63. The van der Waals surface area contributed by atoms with Gasteiger partial charge < -0.3 is 14.3 Å². The molecule has 0 amide bonds. The molecule has 5 heteroatoms. The maximum Gasteiger partial charge on any atom is 0.178 e. The Hall–Kier alpha value is -1.59. The molecule has 0 aliphatic heterocycles. The molecule has 0 saturated carbocycles. The predicted octanol–water partition coefficient (Wildman–Crippen LogP) is 4.43. The average molecular weight is 304 g/mol. The van der Waals surface area contributed by atoms with Crippen molar-refractivity contribution >= 4 is 34.6 Å². The van der Waals surface area contributed by atoms with Gasteiger partial charge in [0.15, 0.2) is 4.77 Å². The Kier molecular flexibility index (Phi) is 3.40. The third-order valence-electron chi connectivity index (χ3n) is 3.51. The van der Waals surface area contributed by atoms with Crippen molar-refractivity contribution in [2.45, 2.75) is 20.4 Å². The van der Waals surface area contributed by atoms with Crippen molar-refractivity contribution in [1.29, 1.82) is 0 Å². The molecule has 0 bridgehead atoms. The average Bonchev–Trinajstić information content (AvgIpc) is 2.90. The Morgan fingerprint density at radius 1 is 1.30 bits per heavy atom. The zero-order valence-corrected chi connectivity index (χ0v) is 13.3. The van der Waals surface area contributed by atoms with Crippen LogP contribution in [0, 0.1) is 18.6 Å². The number of aryl methyl sites for hydroxylation is 2. The molecule has 0 radical (unpaired) electrons. The number of benzene rings is 1. The second kappa shape index (κ2) is 5.07. The summed E-state index contributed by atoms with van der Waals surface area (Å²) in [5.74, 6) is 0.837. The van der Waals surface area contributed by atoms with Gasteiger partial charge in [0.05, 0.1) is 24.7 Å². The number of ether oxygens (including phenoxy) is 1. The largest absolute Gasteiger partial charge is 0.497 e. The molecular weight excluding hydrogens is 288 g/mol. The summed E-state index contributed by atoms with van der Waals surface area (Å²) in [7, 11) is 1.67. The molecule has 20 heavy (non-hydrogen) atoms. The summed E-state index contributed by atoms with van der Waals surface area (Å²) in [6.07, 6.45) is 0. The molecule has 1 aromatic carbocycles. The minimum Gasteiger partial charge on any atom is -0.497 e. The van der Waals surface area contributed by atoms with Gasteiger partial charge in [-0.1, -0.05) is 0 Å². The quantitative estimate of drug-likeness (QED) is 0.725. The van der Waals surface area contributed by atoms with Gasteiger partial charge in [-0.05, 0) is 49.8 Å². The molecule has 0 aliphatic carbocycles. The molecule has 0 fully saturated rings. The van der Waals surface area contributed by atoms with Crippen molar-refractivity contribution in [3.63, 3.8) is 0 Å². The number of hydrogen-bond acceptors (Lipinski definition) is 3. The van der Waals surface area contributed by atoms with Crippen LogP contribution >= 0.6 is 23.6 Å². The van der Waals surface area contributed by atoms with E-state index < -0.39 is 0 Å². The highest BCUT2D eigenvalue weighted by Crippen LogP contribution is 2.25. The van der Waals surface area contributed by atoms with E-state index in [1.807, 2.05) is 29.5 Å². The number of thiophene rings is 1. The van der Waals surface area contributed by atoms with E-state index in [2.05, 4.69) is 29.5 Å². The van der Waals surface area contributed by atoms with E-state index in [1.165, 1.54) is 15.3 Å². The van der Waals surface area contributed by atoms with Gasteiger partial charge >= 0.3 is 0 Å². The highest BCUT2D eigenvalue weighted by atomic mass is 32.1. The Labute approximate surface area is 126 Å². The van der Waals surface area contributed by atoms with Crippen molar-refractivity contribution in [3.8, 4) is 5.75 Å². The molecule has 0 saturated heterocycles. The highest BCUT2D eigenvalue weighted by Gasteiger charge is 2.08.